The Bertz CT molecular complexity index is 2630. The lowest BCUT2D eigenvalue weighted by Gasteiger charge is -2.45. The number of aromatic nitrogens is 2. The zero-order valence-corrected chi connectivity index (χ0v) is 41.8. The van der Waals surface area contributed by atoms with Gasteiger partial charge in [-0.05, 0) is 136 Å². The number of carboxylic acid groups (broad SMARTS) is 1. The maximum atomic E-state index is 14.6. The molecule has 3 heterocycles. The van der Waals surface area contributed by atoms with E-state index in [0.29, 0.717) is 53.8 Å². The zero-order chi connectivity index (χ0) is 49.4. The molecule has 4 aromatic carbocycles. The summed E-state index contributed by atoms with van der Waals surface area (Å²) in [6.07, 6.45) is 7.01. The number of halogens is 2. The van der Waals surface area contributed by atoms with Crippen molar-refractivity contribution in [3.63, 3.8) is 0 Å². The number of amides is 2. The number of nitrogens with zero attached hydrogens (tertiary/aromatic N) is 4. The van der Waals surface area contributed by atoms with E-state index in [1.54, 1.807) is 36.1 Å². The molecule has 2 aliphatic heterocycles. The van der Waals surface area contributed by atoms with Crippen LogP contribution in [0.3, 0.4) is 0 Å². The van der Waals surface area contributed by atoms with Crippen molar-refractivity contribution in [3.05, 3.63) is 135 Å². The first-order valence-corrected chi connectivity index (χ1v) is 25.2. The molecule has 0 unspecified atom stereocenters. The Labute approximate surface area is 420 Å². The summed E-state index contributed by atoms with van der Waals surface area (Å²) in [4.78, 5) is 64.3. The Balaban J connectivity index is 0.924. The van der Waals surface area contributed by atoms with E-state index in [1.807, 2.05) is 72.9 Å². The molecule has 5 atom stereocenters. The predicted molar refractivity (Wildman–Crippen MR) is 271 cm³/mol. The molecule has 1 aromatic heterocycles. The van der Waals surface area contributed by atoms with Gasteiger partial charge in [-0.15, -0.1) is 0 Å². The molecule has 2 fully saturated rings. The maximum Gasteiger partial charge on any atom is 0.304 e. The van der Waals surface area contributed by atoms with Crippen LogP contribution in [0.15, 0.2) is 97.2 Å². The van der Waals surface area contributed by atoms with E-state index < -0.39 is 29.4 Å². The number of benzene rings is 4. The summed E-state index contributed by atoms with van der Waals surface area (Å²) in [6.45, 7) is 5.72. The van der Waals surface area contributed by atoms with Crippen LogP contribution in [0.1, 0.15) is 85.9 Å². The first kappa shape index (κ1) is 50.8. The van der Waals surface area contributed by atoms with Gasteiger partial charge >= 0.3 is 5.97 Å². The van der Waals surface area contributed by atoms with Crippen molar-refractivity contribution in [2.75, 3.05) is 39.9 Å². The lowest BCUT2D eigenvalue weighted by atomic mass is 9.80. The van der Waals surface area contributed by atoms with Gasteiger partial charge in [-0.25, -0.2) is 4.98 Å². The summed E-state index contributed by atoms with van der Waals surface area (Å²) >= 11 is 12.7. The SMILES string of the molecule is COC[C@H](CC(=O)[C@H](C)NCc1ccc(Cl)cc1Oc1ccc(-c2cnc(CN3CCCC3)n2C)cc1)C(=O)N[C@@]1(Cc2ccc(Cl)cc2)CCCN(C(=O)[C@@H](CC(=O)O)[C@H]2CCc3ccccc32)C1. The Morgan fingerprint density at radius 2 is 1.66 bits per heavy atom. The molecule has 15 heteroatoms. The van der Waals surface area contributed by atoms with Crippen molar-refractivity contribution in [2.24, 2.45) is 18.9 Å². The number of aliphatic carboxylic acids is 1. The second kappa shape index (κ2) is 23.1. The number of aryl methyl sites for hydroxylation is 1. The van der Waals surface area contributed by atoms with Crippen LogP contribution in [0, 0.1) is 11.8 Å². The van der Waals surface area contributed by atoms with Crippen molar-refractivity contribution in [3.8, 4) is 22.8 Å². The number of carbonyl (C=O) groups is 4. The Hall–Kier alpha value is -5.57. The first-order chi connectivity index (χ1) is 33.8. The molecule has 13 nitrogen and oxygen atoms in total. The number of hydrogen-bond acceptors (Lipinski definition) is 9. The number of ether oxygens (including phenoxy) is 2. The van der Waals surface area contributed by atoms with Crippen molar-refractivity contribution in [1.29, 1.82) is 0 Å². The van der Waals surface area contributed by atoms with E-state index in [1.165, 1.54) is 20.0 Å². The van der Waals surface area contributed by atoms with Crippen LogP contribution in [-0.2, 0) is 56.9 Å². The topological polar surface area (TPSA) is 155 Å². The van der Waals surface area contributed by atoms with Crippen molar-refractivity contribution in [1.82, 2.24) is 30.0 Å². The third kappa shape index (κ3) is 12.5. The standard InChI is InChI=1S/C55H64Cl2N6O7/c1-36(58-31-40-13-19-43(57)28-50(40)70-44-20-14-39(15-21-44)48-32-59-51(61(48)2)33-62-24-6-7-25-62)49(64)27-41(34-69-3)53(67)60-55(30-37-11-17-42(56)18-12-37)23-8-26-63(35-55)54(68)47(29-52(65)66)46-22-16-38-9-4-5-10-45(38)46/h4-5,9-15,17-21,28,32,36,41,46-47,58H,6-8,16,22-27,29-31,33-35H2,1-3H3,(H,60,67)(H,65,66)/t36-,41-,46-,47-,55+/m0/s1. The minimum Gasteiger partial charge on any atom is -0.481 e. The number of fused-ring (bicyclic) bond motifs is 1. The van der Waals surface area contributed by atoms with Gasteiger partial charge in [0.1, 0.15) is 23.1 Å². The number of carbonyl (C=O) groups excluding carboxylic acids is 3. The fourth-order valence-electron chi connectivity index (χ4n) is 10.6. The van der Waals surface area contributed by atoms with E-state index in [9.17, 15) is 24.3 Å². The lowest BCUT2D eigenvalue weighted by molar-refractivity contribution is -0.147. The van der Waals surface area contributed by atoms with E-state index in [2.05, 4.69) is 27.1 Å². The Kier molecular flexibility index (Phi) is 16.8. The van der Waals surface area contributed by atoms with Crippen LogP contribution < -0.4 is 15.4 Å². The molecule has 2 amide bonds. The van der Waals surface area contributed by atoms with Gasteiger partial charge in [0.2, 0.25) is 11.8 Å². The normalized spacial score (nSPS) is 19.3. The Morgan fingerprint density at radius 3 is 2.40 bits per heavy atom. The van der Waals surface area contributed by atoms with Gasteiger partial charge in [-0.2, -0.15) is 0 Å². The highest BCUT2D eigenvalue weighted by atomic mass is 35.5. The minimum absolute atomic E-state index is 0.0000623. The number of Topliss-reactive ketones (excluding diaryl/α,β-unsaturated/α-hetero) is 1. The first-order valence-electron chi connectivity index (χ1n) is 24.5. The molecule has 0 spiro atoms. The van der Waals surface area contributed by atoms with Crippen molar-refractivity contribution < 1.29 is 33.8 Å². The zero-order valence-electron chi connectivity index (χ0n) is 40.3. The van der Waals surface area contributed by atoms with Gasteiger partial charge in [-0.1, -0.05) is 65.7 Å². The third-order valence-corrected chi connectivity index (χ3v) is 14.9. The van der Waals surface area contributed by atoms with Crippen LogP contribution >= 0.6 is 23.2 Å². The molecule has 5 aromatic rings. The molecular formula is C55H64Cl2N6O7. The molecule has 3 aliphatic rings. The summed E-state index contributed by atoms with van der Waals surface area (Å²) in [7, 11) is 3.55. The predicted octanol–water partition coefficient (Wildman–Crippen LogP) is 9.02. The summed E-state index contributed by atoms with van der Waals surface area (Å²) in [5.41, 5.74) is 5.01. The number of rotatable bonds is 21. The number of hydrogen-bond donors (Lipinski definition) is 3. The summed E-state index contributed by atoms with van der Waals surface area (Å²) in [5, 5.41) is 17.8. The van der Waals surface area contributed by atoms with Crippen LogP contribution in [-0.4, -0.2) is 99.5 Å². The van der Waals surface area contributed by atoms with Crippen molar-refractivity contribution in [2.45, 2.75) is 95.3 Å². The molecule has 0 bridgehead atoms. The van der Waals surface area contributed by atoms with E-state index in [-0.39, 0.29) is 56.1 Å². The Morgan fingerprint density at radius 1 is 0.914 bits per heavy atom. The van der Waals surface area contributed by atoms with Crippen LogP contribution in [0.25, 0.3) is 11.3 Å². The van der Waals surface area contributed by atoms with Gasteiger partial charge in [0, 0.05) is 61.4 Å². The number of methoxy groups -OCH3 is 1. The average molecular weight is 992 g/mol. The van der Waals surface area contributed by atoms with Crippen LogP contribution in [0.4, 0.5) is 0 Å². The molecule has 1 aliphatic carbocycles. The molecule has 70 heavy (non-hydrogen) atoms. The van der Waals surface area contributed by atoms with Crippen LogP contribution in [0.2, 0.25) is 10.0 Å². The average Bonchev–Trinajstić information content (AvgIpc) is 4.12. The van der Waals surface area contributed by atoms with Crippen molar-refractivity contribution >= 4 is 46.8 Å². The molecule has 2 saturated heterocycles. The second-order valence-electron chi connectivity index (χ2n) is 19.4. The minimum atomic E-state index is -1.03. The quantitative estimate of drug-likeness (QED) is 0.0649. The molecule has 8 rings (SSSR count). The summed E-state index contributed by atoms with van der Waals surface area (Å²) in [6, 6.07) is 28.0. The number of imidazole rings is 1. The fourth-order valence-corrected chi connectivity index (χ4v) is 10.9. The van der Waals surface area contributed by atoms with Gasteiger partial charge < -0.3 is 34.7 Å². The smallest absolute Gasteiger partial charge is 0.304 e. The van der Waals surface area contributed by atoms with Gasteiger partial charge in [-0.3, -0.25) is 24.1 Å². The molecule has 370 valence electrons. The number of nitrogens with one attached hydrogen (secondary N) is 2. The fraction of sp³-hybridized carbons (Fsp3) is 0.436. The highest BCUT2D eigenvalue weighted by Gasteiger charge is 2.44. The van der Waals surface area contributed by atoms with E-state index in [0.717, 1.165) is 65.4 Å². The second-order valence-corrected chi connectivity index (χ2v) is 20.3. The number of carboxylic acids is 1. The lowest BCUT2D eigenvalue weighted by Crippen LogP contribution is -2.62. The largest absolute Gasteiger partial charge is 0.481 e. The van der Waals surface area contributed by atoms with E-state index >= 15 is 0 Å². The maximum absolute atomic E-state index is 14.6. The number of piperidine rings is 1. The van der Waals surface area contributed by atoms with Gasteiger partial charge in [0.25, 0.3) is 0 Å². The summed E-state index contributed by atoms with van der Waals surface area (Å²) < 4.78 is 14.1. The monoisotopic (exact) mass is 990 g/mol. The van der Waals surface area contributed by atoms with Crippen LogP contribution in [0.5, 0.6) is 11.5 Å². The highest BCUT2D eigenvalue weighted by molar-refractivity contribution is 6.31. The van der Waals surface area contributed by atoms with E-state index in [4.69, 9.17) is 37.7 Å². The highest BCUT2D eigenvalue weighted by Crippen LogP contribution is 2.41. The summed E-state index contributed by atoms with van der Waals surface area (Å²) in [5.74, 6) is -1.38. The third-order valence-electron chi connectivity index (χ3n) is 14.4. The van der Waals surface area contributed by atoms with Gasteiger partial charge in [0.05, 0.1) is 54.9 Å². The molecule has 0 saturated carbocycles. The molecule has 3 N–H and O–H groups in total. The number of ketones is 1. The van der Waals surface area contributed by atoms with Gasteiger partial charge in [0.15, 0.2) is 0 Å². The number of likely N-dealkylation sites (tertiary alicyclic amines) is 2. The molecule has 0 radical (unpaired) electrons. The molecular weight excluding hydrogens is 928 g/mol.